The highest BCUT2D eigenvalue weighted by atomic mass is 32.2. The summed E-state index contributed by atoms with van der Waals surface area (Å²) in [7, 11) is -4.19. The summed E-state index contributed by atoms with van der Waals surface area (Å²) < 4.78 is 25.8. The maximum Gasteiger partial charge on any atom is 0.538 e. The molecule has 0 radical (unpaired) electrons. The summed E-state index contributed by atoms with van der Waals surface area (Å²) >= 11 is 1.63. The summed E-state index contributed by atoms with van der Waals surface area (Å²) in [6.07, 6.45) is 2.44. The number of sulfone groups is 1. The van der Waals surface area contributed by atoms with Gasteiger partial charge >= 0.3 is 10.9 Å². The number of rotatable bonds is 7. The minimum atomic E-state index is -4.19. The molecule has 0 amide bonds. The molecule has 1 aliphatic rings. The van der Waals surface area contributed by atoms with Gasteiger partial charge in [0, 0.05) is 17.2 Å². The largest absolute Gasteiger partial charge is 0.538 e. The van der Waals surface area contributed by atoms with Crippen LogP contribution in [0.3, 0.4) is 0 Å². The Morgan fingerprint density at radius 1 is 1.25 bits per heavy atom. The normalized spacial score (nSPS) is 16.8. The molecule has 0 aromatic heterocycles. The molecule has 0 saturated carbocycles. The van der Waals surface area contributed by atoms with Crippen molar-refractivity contribution in [2.24, 2.45) is 0 Å². The van der Waals surface area contributed by atoms with Crippen LogP contribution in [0.15, 0.2) is 83.1 Å². The summed E-state index contributed by atoms with van der Waals surface area (Å²) in [5.41, 5.74) is 1.70. The lowest BCUT2D eigenvalue weighted by Gasteiger charge is -2.24. The number of fused-ring (bicyclic) bond motifs is 1. The Kier molecular flexibility index (Phi) is 6.07. The predicted octanol–water partition coefficient (Wildman–Crippen LogP) is 4.35. The zero-order valence-corrected chi connectivity index (χ0v) is 16.7. The van der Waals surface area contributed by atoms with E-state index in [1.807, 2.05) is 24.3 Å². The molecular weight excluding hydrogens is 394 g/mol. The van der Waals surface area contributed by atoms with E-state index in [0.717, 1.165) is 11.3 Å². The average molecular weight is 415 g/mol. The molecule has 0 fully saturated rings. The maximum absolute atomic E-state index is 12.9. The molecule has 1 heterocycles. The Hall–Kier alpha value is -2.76. The van der Waals surface area contributed by atoms with Crippen LogP contribution in [0, 0.1) is 5.39 Å². The van der Waals surface area contributed by atoms with Crippen molar-refractivity contribution in [3.8, 4) is 0 Å². The predicted molar refractivity (Wildman–Crippen MR) is 112 cm³/mol. The van der Waals surface area contributed by atoms with Gasteiger partial charge in [0.25, 0.3) is 9.84 Å². The molecule has 28 heavy (non-hydrogen) atoms. The van der Waals surface area contributed by atoms with Gasteiger partial charge in [-0.05, 0) is 30.2 Å². The van der Waals surface area contributed by atoms with Gasteiger partial charge in [-0.15, -0.1) is 6.58 Å². The van der Waals surface area contributed by atoms with E-state index in [0.29, 0.717) is 17.9 Å². The van der Waals surface area contributed by atoms with Crippen LogP contribution >= 0.6 is 11.8 Å². The van der Waals surface area contributed by atoms with E-state index in [2.05, 4.69) is 11.6 Å². The monoisotopic (exact) mass is 414 g/mol. The van der Waals surface area contributed by atoms with Crippen molar-refractivity contribution < 1.29 is 13.5 Å². The first-order valence-corrected chi connectivity index (χ1v) is 11.3. The van der Waals surface area contributed by atoms with Crippen LogP contribution in [0.4, 0.5) is 5.69 Å². The van der Waals surface area contributed by atoms with E-state index in [4.69, 9.17) is 0 Å². The first kappa shape index (κ1) is 20.0. The first-order chi connectivity index (χ1) is 13.5. The second-order valence-electron chi connectivity index (χ2n) is 6.23. The number of hydrogen-bond acceptors (Lipinski definition) is 6. The van der Waals surface area contributed by atoms with Gasteiger partial charge in [-0.3, -0.25) is 0 Å². The van der Waals surface area contributed by atoms with Crippen molar-refractivity contribution in [2.75, 3.05) is 16.4 Å². The third-order valence-corrected chi connectivity index (χ3v) is 7.19. The molecule has 1 aliphatic heterocycles. The number of benzene rings is 2. The second kappa shape index (κ2) is 8.50. The number of thioether (sulfide) groups is 1. The molecule has 1 unspecified atom stereocenters. The Bertz CT molecular complexity index is 1040. The van der Waals surface area contributed by atoms with Gasteiger partial charge in [0.2, 0.25) is 5.39 Å². The quantitative estimate of drug-likeness (QED) is 0.314. The first-order valence-electron chi connectivity index (χ1n) is 8.65. The highest BCUT2D eigenvalue weighted by Crippen LogP contribution is 2.38. The highest BCUT2D eigenvalue weighted by molar-refractivity contribution is 7.99. The molecule has 0 aliphatic carbocycles. The van der Waals surface area contributed by atoms with Crippen LogP contribution in [0.1, 0.15) is 5.56 Å². The second-order valence-corrected chi connectivity index (χ2v) is 9.17. The maximum atomic E-state index is 12.9. The lowest BCUT2D eigenvalue weighted by Crippen LogP contribution is -2.34. The molecule has 1 N–H and O–H groups in total. The number of para-hydroxylation sites is 1. The number of aliphatic hydroxyl groups excluding tert-OH is 1. The fraction of sp³-hybridized carbons (Fsp3) is 0.200. The van der Waals surface area contributed by atoms with E-state index in [1.54, 1.807) is 40.9 Å². The smallest absolute Gasteiger partial charge is 0.488 e. The van der Waals surface area contributed by atoms with Gasteiger partial charge in [0.05, 0.1) is 10.9 Å². The summed E-state index contributed by atoms with van der Waals surface area (Å²) in [5.74, 6) is 0.806. The molecule has 3 rings (SSSR count). The third-order valence-electron chi connectivity index (χ3n) is 4.44. The Morgan fingerprint density at radius 3 is 2.61 bits per heavy atom. The van der Waals surface area contributed by atoms with Crippen LogP contribution < -0.4 is 4.90 Å². The zero-order chi connectivity index (χ0) is 20.1. The molecule has 8 heteroatoms. The molecule has 2 aromatic rings. The molecule has 2 aromatic carbocycles. The van der Waals surface area contributed by atoms with Crippen LogP contribution in [-0.2, 0) is 16.3 Å². The van der Waals surface area contributed by atoms with Crippen LogP contribution in [0.25, 0.3) is 4.98 Å². The van der Waals surface area contributed by atoms with Gasteiger partial charge in [0.1, 0.15) is 0 Å². The molecule has 6 nitrogen and oxygen atoms in total. The molecule has 0 saturated heterocycles. The third kappa shape index (κ3) is 3.77. The number of diazo groups is 1. The summed E-state index contributed by atoms with van der Waals surface area (Å²) in [4.78, 5) is 4.45. The fourth-order valence-electron chi connectivity index (χ4n) is 3.20. The summed E-state index contributed by atoms with van der Waals surface area (Å²) in [6.45, 7) is 3.71. The van der Waals surface area contributed by atoms with Crippen LogP contribution in [-0.4, -0.2) is 31.1 Å². The van der Waals surface area contributed by atoms with Crippen molar-refractivity contribution >= 4 is 27.3 Å². The number of anilines is 1. The number of aliphatic hydroxyl groups is 1. The van der Waals surface area contributed by atoms with Crippen LogP contribution in [0.2, 0.25) is 0 Å². The van der Waals surface area contributed by atoms with Crippen molar-refractivity contribution in [1.29, 1.82) is 5.39 Å². The van der Waals surface area contributed by atoms with E-state index in [1.165, 1.54) is 12.1 Å². The topological polar surface area (TPSA) is 85.8 Å². The molecule has 0 spiro atoms. The minimum Gasteiger partial charge on any atom is -0.488 e. The fourth-order valence-corrected chi connectivity index (χ4v) is 5.23. The van der Waals surface area contributed by atoms with Gasteiger partial charge in [-0.1, -0.05) is 42.5 Å². The standard InChI is InChI=1S/C20H19N3O3S2/c1-2-12-27-14-16-13-15-8-6-7-11-18(15)23(16)20(24)19(22-21)28(25,26)17-9-4-3-5-10-17/h2-11,16H,1,12-14H2/p+1/b20-19-. The SMILES string of the molecule is C=CCSCC1Cc2ccccc2N1/C(O)=C(\[N+]#N)S(=O)(=O)c1ccccc1. The van der Waals surface area contributed by atoms with E-state index < -0.39 is 20.7 Å². The Morgan fingerprint density at radius 2 is 1.93 bits per heavy atom. The van der Waals surface area contributed by atoms with Crippen molar-refractivity contribution in [3.05, 3.63) is 88.7 Å². The minimum absolute atomic E-state index is 0.0561. The van der Waals surface area contributed by atoms with Gasteiger partial charge in [-0.25, -0.2) is 8.42 Å². The van der Waals surface area contributed by atoms with Crippen molar-refractivity contribution in [2.45, 2.75) is 17.4 Å². The number of hydrogen-bond donors (Lipinski definition) is 1. The van der Waals surface area contributed by atoms with Crippen molar-refractivity contribution in [3.63, 3.8) is 0 Å². The summed E-state index contributed by atoms with van der Waals surface area (Å²) in [6, 6.07) is 14.9. The molecule has 0 bridgehead atoms. The van der Waals surface area contributed by atoms with Crippen LogP contribution in [0.5, 0.6) is 0 Å². The number of nitrogens with zero attached hydrogens (tertiary/aromatic N) is 3. The average Bonchev–Trinajstić information content (AvgIpc) is 3.07. The zero-order valence-electron chi connectivity index (χ0n) is 15.1. The Labute approximate surface area is 168 Å². The lowest BCUT2D eigenvalue weighted by molar-refractivity contribution is 0.379. The van der Waals surface area contributed by atoms with Gasteiger partial charge in [0.15, 0.2) is 4.98 Å². The highest BCUT2D eigenvalue weighted by Gasteiger charge is 2.43. The summed E-state index contributed by atoms with van der Waals surface area (Å²) in [5, 5.41) is 19.6. The molecule has 1 atom stereocenters. The van der Waals surface area contributed by atoms with E-state index in [9.17, 15) is 18.9 Å². The Balaban J connectivity index is 2.08. The van der Waals surface area contributed by atoms with Gasteiger partial charge in [-0.2, -0.15) is 11.8 Å². The molecule has 144 valence electrons. The molecular formula is C20H20N3O3S2+. The van der Waals surface area contributed by atoms with Gasteiger partial charge < -0.3 is 10.0 Å². The lowest BCUT2D eigenvalue weighted by atomic mass is 10.1. The van der Waals surface area contributed by atoms with Crippen molar-refractivity contribution in [1.82, 2.24) is 0 Å². The van der Waals surface area contributed by atoms with E-state index >= 15 is 0 Å². The van der Waals surface area contributed by atoms with E-state index in [-0.39, 0.29) is 10.9 Å².